The lowest BCUT2D eigenvalue weighted by Gasteiger charge is -2.17. The highest BCUT2D eigenvalue weighted by Gasteiger charge is 2.45. The average molecular weight is 281 g/mol. The van der Waals surface area contributed by atoms with Crippen molar-refractivity contribution in [3.63, 3.8) is 0 Å². The van der Waals surface area contributed by atoms with Crippen molar-refractivity contribution in [3.05, 3.63) is 41.9 Å². The molecule has 0 radical (unpaired) electrons. The van der Waals surface area contributed by atoms with Crippen molar-refractivity contribution in [2.45, 2.75) is 12.4 Å². The number of nitrogens with zero attached hydrogens (tertiary/aromatic N) is 1. The molecule has 0 fully saturated rings. The molecule has 0 aliphatic rings. The van der Waals surface area contributed by atoms with E-state index in [1.54, 1.807) is 0 Å². The Morgan fingerprint density at radius 1 is 0.947 bits per heavy atom. The van der Waals surface area contributed by atoms with Gasteiger partial charge in [-0.25, -0.2) is 4.98 Å². The van der Waals surface area contributed by atoms with E-state index in [-0.39, 0.29) is 5.76 Å². The van der Waals surface area contributed by atoms with Crippen LogP contribution in [0.15, 0.2) is 35.2 Å². The Kier molecular flexibility index (Phi) is 3.03. The summed E-state index contributed by atoms with van der Waals surface area (Å²) in [7, 11) is 0. The van der Waals surface area contributed by atoms with Crippen LogP contribution in [0.3, 0.4) is 0 Å². The summed E-state index contributed by atoms with van der Waals surface area (Å²) >= 11 is 0. The molecular weight excluding hydrogens is 276 g/mol. The van der Waals surface area contributed by atoms with E-state index in [0.29, 0.717) is 6.07 Å². The molecule has 0 bridgehead atoms. The Bertz CT molecular complexity index is 570. The number of benzene rings is 1. The summed E-state index contributed by atoms with van der Waals surface area (Å²) in [5.74, 6) is -0.376. The molecule has 0 N–H and O–H groups in total. The first kappa shape index (κ1) is 13.4. The van der Waals surface area contributed by atoms with Crippen LogP contribution >= 0.6 is 0 Å². The SMILES string of the molecule is FC(F)(F)c1cccc(-c2cnco2)c1C(F)(F)F. The van der Waals surface area contributed by atoms with Gasteiger partial charge >= 0.3 is 12.4 Å². The second-order valence-corrected chi connectivity index (χ2v) is 3.59. The molecule has 0 aliphatic heterocycles. The van der Waals surface area contributed by atoms with Crippen molar-refractivity contribution in [2.24, 2.45) is 0 Å². The molecule has 1 heterocycles. The van der Waals surface area contributed by atoms with Crippen molar-refractivity contribution in [3.8, 4) is 11.3 Å². The molecule has 0 unspecified atom stereocenters. The lowest BCUT2D eigenvalue weighted by molar-refractivity contribution is -0.161. The highest BCUT2D eigenvalue weighted by Crippen LogP contribution is 2.44. The first-order valence-corrected chi connectivity index (χ1v) is 4.87. The molecule has 8 heteroatoms. The van der Waals surface area contributed by atoms with E-state index in [1.807, 2.05) is 0 Å². The van der Waals surface area contributed by atoms with Gasteiger partial charge in [0, 0.05) is 5.56 Å². The Morgan fingerprint density at radius 3 is 2.11 bits per heavy atom. The van der Waals surface area contributed by atoms with Gasteiger partial charge in [-0.3, -0.25) is 0 Å². The third-order valence-electron chi connectivity index (χ3n) is 2.35. The summed E-state index contributed by atoms with van der Waals surface area (Å²) in [4.78, 5) is 3.40. The number of hydrogen-bond donors (Lipinski definition) is 0. The van der Waals surface area contributed by atoms with Crippen LogP contribution in [0, 0.1) is 0 Å². The van der Waals surface area contributed by atoms with Crippen molar-refractivity contribution in [2.75, 3.05) is 0 Å². The molecule has 1 aromatic carbocycles. The van der Waals surface area contributed by atoms with Crippen LogP contribution in [0.25, 0.3) is 11.3 Å². The van der Waals surface area contributed by atoms with Gasteiger partial charge in [-0.1, -0.05) is 12.1 Å². The molecule has 102 valence electrons. The third kappa shape index (κ3) is 2.56. The molecule has 2 rings (SSSR count). The van der Waals surface area contributed by atoms with E-state index in [0.717, 1.165) is 24.7 Å². The maximum atomic E-state index is 12.9. The largest absolute Gasteiger partial charge is 0.444 e. The van der Waals surface area contributed by atoms with Crippen molar-refractivity contribution in [1.29, 1.82) is 0 Å². The molecule has 19 heavy (non-hydrogen) atoms. The second kappa shape index (κ2) is 4.29. The van der Waals surface area contributed by atoms with Crippen molar-refractivity contribution >= 4 is 0 Å². The highest BCUT2D eigenvalue weighted by molar-refractivity contribution is 5.64. The third-order valence-corrected chi connectivity index (χ3v) is 2.35. The van der Waals surface area contributed by atoms with Crippen molar-refractivity contribution in [1.82, 2.24) is 4.98 Å². The molecule has 0 spiro atoms. The number of halogens is 6. The van der Waals surface area contributed by atoms with Crippen LogP contribution in [0.1, 0.15) is 11.1 Å². The average Bonchev–Trinajstić information content (AvgIpc) is 2.79. The molecule has 0 aliphatic carbocycles. The Hall–Kier alpha value is -1.99. The van der Waals surface area contributed by atoms with Gasteiger partial charge in [0.1, 0.15) is 0 Å². The Labute approximate surface area is 102 Å². The van der Waals surface area contributed by atoms with Crippen molar-refractivity contribution < 1.29 is 30.8 Å². The van der Waals surface area contributed by atoms with Gasteiger partial charge in [0.2, 0.25) is 0 Å². The first-order valence-electron chi connectivity index (χ1n) is 4.87. The monoisotopic (exact) mass is 281 g/mol. The lowest BCUT2D eigenvalue weighted by Crippen LogP contribution is -2.17. The summed E-state index contributed by atoms with van der Waals surface area (Å²) in [6.07, 6.45) is -8.50. The summed E-state index contributed by atoms with van der Waals surface area (Å²) in [6.45, 7) is 0. The smallest absolute Gasteiger partial charge is 0.417 e. The molecular formula is C11H5F6NO. The molecule has 0 saturated carbocycles. The predicted octanol–water partition coefficient (Wildman–Crippen LogP) is 4.38. The van der Waals surface area contributed by atoms with Crippen LogP contribution in [-0.2, 0) is 12.4 Å². The summed E-state index contributed by atoms with van der Waals surface area (Å²) in [6, 6.07) is 2.16. The van der Waals surface area contributed by atoms with Crippen LogP contribution in [0.5, 0.6) is 0 Å². The molecule has 0 atom stereocenters. The topological polar surface area (TPSA) is 26.0 Å². The molecule has 1 aromatic heterocycles. The predicted molar refractivity (Wildman–Crippen MR) is 51.9 cm³/mol. The first-order chi connectivity index (χ1) is 8.71. The zero-order valence-electron chi connectivity index (χ0n) is 9.01. The van der Waals surface area contributed by atoms with E-state index in [4.69, 9.17) is 0 Å². The van der Waals surface area contributed by atoms with Crippen LogP contribution in [0.4, 0.5) is 26.3 Å². The number of aromatic nitrogens is 1. The number of rotatable bonds is 1. The van der Waals surface area contributed by atoms with Gasteiger partial charge in [0.15, 0.2) is 12.2 Å². The maximum absolute atomic E-state index is 12.9. The van der Waals surface area contributed by atoms with E-state index in [1.165, 1.54) is 0 Å². The molecule has 2 nitrogen and oxygen atoms in total. The number of hydrogen-bond acceptors (Lipinski definition) is 2. The fourth-order valence-corrected chi connectivity index (χ4v) is 1.65. The minimum absolute atomic E-state index is 0.376. The zero-order valence-corrected chi connectivity index (χ0v) is 9.01. The van der Waals surface area contributed by atoms with Crippen LogP contribution < -0.4 is 0 Å². The summed E-state index contributed by atoms with van der Waals surface area (Å²) in [5, 5.41) is 0. The number of alkyl halides is 6. The quantitative estimate of drug-likeness (QED) is 0.725. The molecule has 0 amide bonds. The summed E-state index contributed by atoms with van der Waals surface area (Å²) < 4.78 is 81.2. The molecule has 0 saturated heterocycles. The van der Waals surface area contributed by atoms with Gasteiger partial charge in [0.05, 0.1) is 17.3 Å². The van der Waals surface area contributed by atoms with Gasteiger partial charge in [-0.2, -0.15) is 26.3 Å². The fraction of sp³-hybridized carbons (Fsp3) is 0.182. The maximum Gasteiger partial charge on any atom is 0.417 e. The lowest BCUT2D eigenvalue weighted by atomic mass is 9.98. The van der Waals surface area contributed by atoms with Gasteiger partial charge in [-0.05, 0) is 6.07 Å². The van der Waals surface area contributed by atoms with E-state index in [2.05, 4.69) is 9.40 Å². The minimum atomic E-state index is -5.16. The van der Waals surface area contributed by atoms with E-state index < -0.39 is 29.0 Å². The van der Waals surface area contributed by atoms with Crippen LogP contribution in [-0.4, -0.2) is 4.98 Å². The fourth-order valence-electron chi connectivity index (χ4n) is 1.65. The van der Waals surface area contributed by atoms with E-state index in [9.17, 15) is 26.3 Å². The molecule has 2 aromatic rings. The van der Waals surface area contributed by atoms with Gasteiger partial charge < -0.3 is 4.42 Å². The van der Waals surface area contributed by atoms with Crippen LogP contribution in [0.2, 0.25) is 0 Å². The second-order valence-electron chi connectivity index (χ2n) is 3.59. The Balaban J connectivity index is 2.76. The van der Waals surface area contributed by atoms with Gasteiger partial charge in [0.25, 0.3) is 0 Å². The van der Waals surface area contributed by atoms with Gasteiger partial charge in [-0.15, -0.1) is 0 Å². The highest BCUT2D eigenvalue weighted by atomic mass is 19.4. The summed E-state index contributed by atoms with van der Waals surface area (Å²) in [5.41, 5.74) is -4.23. The minimum Gasteiger partial charge on any atom is -0.444 e. The number of oxazole rings is 1. The Morgan fingerprint density at radius 2 is 1.63 bits per heavy atom. The normalized spacial score (nSPS) is 12.7. The van der Waals surface area contributed by atoms with E-state index >= 15 is 0 Å². The zero-order chi connectivity index (χ0) is 14.3. The standard InChI is InChI=1S/C11H5F6NO/c12-10(13,14)7-3-1-2-6(8-4-18-5-19-8)9(7)11(15,16)17/h1-5H.